The zero-order valence-corrected chi connectivity index (χ0v) is 16.4. The molecule has 0 radical (unpaired) electrons. The second kappa shape index (κ2) is 8.27. The molecule has 4 aromatic rings. The lowest BCUT2D eigenvalue weighted by atomic mass is 10.2. The normalized spacial score (nSPS) is 10.9. The summed E-state index contributed by atoms with van der Waals surface area (Å²) in [5.41, 5.74) is 2.92. The molecule has 0 unspecified atom stereocenters. The second-order valence-corrected chi connectivity index (χ2v) is 7.60. The van der Waals surface area contributed by atoms with Gasteiger partial charge in [-0.25, -0.2) is 4.98 Å². The average Bonchev–Trinajstić information content (AvgIpc) is 3.33. The van der Waals surface area contributed by atoms with Gasteiger partial charge in [0.1, 0.15) is 24.7 Å². The number of ether oxygens (including phenoxy) is 1. The van der Waals surface area contributed by atoms with Gasteiger partial charge in [0, 0.05) is 4.88 Å². The van der Waals surface area contributed by atoms with Crippen molar-refractivity contribution in [2.45, 2.75) is 26.6 Å². The molecule has 0 aliphatic carbocycles. The van der Waals surface area contributed by atoms with Gasteiger partial charge in [-0.1, -0.05) is 30.3 Å². The lowest BCUT2D eigenvalue weighted by Crippen LogP contribution is -2.27. The number of nitrogens with one attached hydrogen (secondary N) is 1. The van der Waals surface area contributed by atoms with Crippen LogP contribution in [0, 0.1) is 6.92 Å². The number of para-hydroxylation sites is 2. The fraction of sp³-hybridized carbons (Fsp3) is 0.182. The van der Waals surface area contributed by atoms with Gasteiger partial charge in [-0.15, -0.1) is 11.3 Å². The summed E-state index contributed by atoms with van der Waals surface area (Å²) >= 11 is 1.63. The molecule has 0 saturated heterocycles. The summed E-state index contributed by atoms with van der Waals surface area (Å²) in [5, 5.41) is 4.98. The standard InChI is InChI=1S/C22H21N3O2S/c1-16-6-4-7-17(12-16)27-15-21-24-19-9-2-3-10-20(19)25(21)14-22(26)23-13-18-8-5-11-28-18/h2-12H,13-15H2,1H3,(H,23,26). The summed E-state index contributed by atoms with van der Waals surface area (Å²) in [7, 11) is 0. The van der Waals surface area contributed by atoms with Gasteiger partial charge < -0.3 is 14.6 Å². The van der Waals surface area contributed by atoms with Crippen LogP contribution in [-0.2, 0) is 24.5 Å². The van der Waals surface area contributed by atoms with E-state index in [9.17, 15) is 4.79 Å². The maximum atomic E-state index is 12.5. The Bertz CT molecular complexity index is 1090. The van der Waals surface area contributed by atoms with Crippen LogP contribution in [0.2, 0.25) is 0 Å². The van der Waals surface area contributed by atoms with E-state index in [1.54, 1.807) is 11.3 Å². The van der Waals surface area contributed by atoms with E-state index >= 15 is 0 Å². The molecule has 0 spiro atoms. The van der Waals surface area contributed by atoms with Gasteiger partial charge in [-0.05, 0) is 48.2 Å². The summed E-state index contributed by atoms with van der Waals surface area (Å²) in [6.07, 6.45) is 0. The maximum Gasteiger partial charge on any atom is 0.240 e. The number of aryl methyl sites for hydroxylation is 1. The minimum absolute atomic E-state index is 0.0478. The molecule has 0 saturated carbocycles. The van der Waals surface area contributed by atoms with E-state index in [2.05, 4.69) is 10.3 Å². The largest absolute Gasteiger partial charge is 0.486 e. The lowest BCUT2D eigenvalue weighted by molar-refractivity contribution is -0.121. The summed E-state index contributed by atoms with van der Waals surface area (Å²) in [6, 6.07) is 19.7. The van der Waals surface area contributed by atoms with Crippen LogP contribution in [-0.4, -0.2) is 15.5 Å². The van der Waals surface area contributed by atoms with Gasteiger partial charge in [0.15, 0.2) is 0 Å². The average molecular weight is 391 g/mol. The van der Waals surface area contributed by atoms with Gasteiger partial charge in [-0.2, -0.15) is 0 Å². The van der Waals surface area contributed by atoms with E-state index in [0.29, 0.717) is 13.2 Å². The van der Waals surface area contributed by atoms with Crippen LogP contribution in [0.5, 0.6) is 5.75 Å². The highest BCUT2D eigenvalue weighted by molar-refractivity contribution is 7.09. The van der Waals surface area contributed by atoms with E-state index in [1.165, 1.54) is 0 Å². The van der Waals surface area contributed by atoms with Crippen molar-refractivity contribution < 1.29 is 9.53 Å². The van der Waals surface area contributed by atoms with Crippen LogP contribution in [0.4, 0.5) is 0 Å². The first-order valence-corrected chi connectivity index (χ1v) is 10.00. The van der Waals surface area contributed by atoms with Crippen molar-refractivity contribution in [3.8, 4) is 5.75 Å². The van der Waals surface area contributed by atoms with Crippen molar-refractivity contribution in [3.05, 3.63) is 82.3 Å². The van der Waals surface area contributed by atoms with E-state index in [4.69, 9.17) is 4.74 Å². The third kappa shape index (κ3) is 4.23. The van der Waals surface area contributed by atoms with Gasteiger partial charge in [0.25, 0.3) is 0 Å². The third-order valence-corrected chi connectivity index (χ3v) is 5.31. The van der Waals surface area contributed by atoms with E-state index in [0.717, 1.165) is 33.0 Å². The molecule has 0 aliphatic rings. The molecule has 4 rings (SSSR count). The molecule has 0 fully saturated rings. The zero-order chi connectivity index (χ0) is 19.3. The summed E-state index contributed by atoms with van der Waals surface area (Å²) < 4.78 is 7.86. The molecule has 0 bridgehead atoms. The fourth-order valence-corrected chi connectivity index (χ4v) is 3.71. The Balaban J connectivity index is 1.52. The van der Waals surface area contributed by atoms with Crippen LogP contribution in [0.15, 0.2) is 66.0 Å². The summed E-state index contributed by atoms with van der Waals surface area (Å²) in [5.74, 6) is 1.48. The molecule has 28 heavy (non-hydrogen) atoms. The van der Waals surface area contributed by atoms with Crippen molar-refractivity contribution in [2.24, 2.45) is 0 Å². The Kier molecular flexibility index (Phi) is 5.39. The Hall–Kier alpha value is -3.12. The number of benzene rings is 2. The first kappa shape index (κ1) is 18.3. The van der Waals surface area contributed by atoms with Crippen molar-refractivity contribution in [3.63, 3.8) is 0 Å². The number of carbonyl (C=O) groups excluding carboxylic acids is 1. The number of fused-ring (bicyclic) bond motifs is 1. The predicted molar refractivity (Wildman–Crippen MR) is 111 cm³/mol. The Morgan fingerprint density at radius 2 is 2.04 bits per heavy atom. The first-order chi connectivity index (χ1) is 13.7. The first-order valence-electron chi connectivity index (χ1n) is 9.12. The van der Waals surface area contributed by atoms with Crippen molar-refractivity contribution in [1.82, 2.24) is 14.9 Å². The van der Waals surface area contributed by atoms with Crippen LogP contribution in [0.1, 0.15) is 16.3 Å². The molecule has 0 atom stereocenters. The zero-order valence-electron chi connectivity index (χ0n) is 15.6. The number of aromatic nitrogens is 2. The summed E-state index contributed by atoms with van der Waals surface area (Å²) in [4.78, 5) is 18.3. The van der Waals surface area contributed by atoms with Gasteiger partial charge in [0.05, 0.1) is 17.6 Å². The highest BCUT2D eigenvalue weighted by atomic mass is 32.1. The molecule has 2 heterocycles. The minimum atomic E-state index is -0.0478. The smallest absolute Gasteiger partial charge is 0.240 e. The molecule has 1 N–H and O–H groups in total. The number of thiophene rings is 1. The second-order valence-electron chi connectivity index (χ2n) is 6.56. The van der Waals surface area contributed by atoms with Crippen molar-refractivity contribution in [1.29, 1.82) is 0 Å². The monoisotopic (exact) mass is 391 g/mol. The fourth-order valence-electron chi connectivity index (χ4n) is 3.06. The van der Waals surface area contributed by atoms with Crippen LogP contribution in [0.25, 0.3) is 11.0 Å². The Morgan fingerprint density at radius 1 is 1.14 bits per heavy atom. The highest BCUT2D eigenvalue weighted by Crippen LogP contribution is 2.19. The molecular weight excluding hydrogens is 370 g/mol. The molecule has 0 aliphatic heterocycles. The number of hydrogen-bond donors (Lipinski definition) is 1. The SMILES string of the molecule is Cc1cccc(OCc2nc3ccccc3n2CC(=O)NCc2cccs2)c1. The molecule has 142 valence electrons. The number of carbonyl (C=O) groups is 1. The van der Waals surface area contributed by atoms with E-state index in [1.807, 2.05) is 77.5 Å². The van der Waals surface area contributed by atoms with Crippen LogP contribution in [0.3, 0.4) is 0 Å². The van der Waals surface area contributed by atoms with Crippen LogP contribution >= 0.6 is 11.3 Å². The van der Waals surface area contributed by atoms with Gasteiger partial charge >= 0.3 is 0 Å². The lowest BCUT2D eigenvalue weighted by Gasteiger charge is -2.11. The van der Waals surface area contributed by atoms with Gasteiger partial charge in [0.2, 0.25) is 5.91 Å². The highest BCUT2D eigenvalue weighted by Gasteiger charge is 2.14. The number of imidazole rings is 1. The number of hydrogen-bond acceptors (Lipinski definition) is 4. The maximum absolute atomic E-state index is 12.5. The molecule has 5 nitrogen and oxygen atoms in total. The molecular formula is C22H21N3O2S. The molecule has 6 heteroatoms. The minimum Gasteiger partial charge on any atom is -0.486 e. The number of amides is 1. The number of nitrogens with zero attached hydrogens (tertiary/aromatic N) is 2. The van der Waals surface area contributed by atoms with Crippen molar-refractivity contribution >= 4 is 28.3 Å². The molecule has 1 amide bonds. The van der Waals surface area contributed by atoms with Gasteiger partial charge in [-0.3, -0.25) is 4.79 Å². The predicted octanol–water partition coefficient (Wildman–Crippen LogP) is 4.30. The van der Waals surface area contributed by atoms with Crippen molar-refractivity contribution in [2.75, 3.05) is 0 Å². The summed E-state index contributed by atoms with van der Waals surface area (Å²) in [6.45, 7) is 3.08. The van der Waals surface area contributed by atoms with E-state index < -0.39 is 0 Å². The quantitative estimate of drug-likeness (QED) is 0.511. The Morgan fingerprint density at radius 3 is 2.86 bits per heavy atom. The van der Waals surface area contributed by atoms with Crippen LogP contribution < -0.4 is 10.1 Å². The van der Waals surface area contributed by atoms with E-state index in [-0.39, 0.29) is 12.5 Å². The Labute approximate surface area is 167 Å². The number of rotatable bonds is 7. The molecule has 2 aromatic carbocycles. The topological polar surface area (TPSA) is 56.2 Å². The third-order valence-electron chi connectivity index (χ3n) is 4.43. The molecule has 2 aromatic heterocycles.